The van der Waals surface area contributed by atoms with Crippen LogP contribution in [0.3, 0.4) is 0 Å². The highest BCUT2D eigenvalue weighted by molar-refractivity contribution is 6.03. The quantitative estimate of drug-likeness (QED) is 0.507. The van der Waals surface area contributed by atoms with Gasteiger partial charge in [0.05, 0.1) is 14.2 Å². The minimum atomic E-state index is -0.165. The van der Waals surface area contributed by atoms with E-state index in [-0.39, 0.29) is 5.91 Å². The maximum atomic E-state index is 12.7. The number of hydrogen-bond donors (Lipinski definition) is 2. The van der Waals surface area contributed by atoms with Crippen LogP contribution in [0.5, 0.6) is 11.5 Å². The summed E-state index contributed by atoms with van der Waals surface area (Å²) in [5.41, 5.74) is 3.89. The first kappa shape index (κ1) is 23.8. The van der Waals surface area contributed by atoms with E-state index in [2.05, 4.69) is 32.4 Å². The number of ether oxygens (including phenoxy) is 2. The summed E-state index contributed by atoms with van der Waals surface area (Å²) in [6.45, 7) is 5.26. The Morgan fingerprint density at radius 1 is 0.941 bits per heavy atom. The third-order valence-corrected chi connectivity index (χ3v) is 6.18. The fourth-order valence-corrected chi connectivity index (χ4v) is 4.06. The van der Waals surface area contributed by atoms with Gasteiger partial charge in [0.25, 0.3) is 5.91 Å². The van der Waals surface area contributed by atoms with Crippen molar-refractivity contribution in [1.29, 1.82) is 0 Å². The summed E-state index contributed by atoms with van der Waals surface area (Å²) >= 11 is 0. The topological polar surface area (TPSA) is 82.7 Å². The zero-order valence-corrected chi connectivity index (χ0v) is 20.1. The van der Waals surface area contributed by atoms with E-state index in [0.29, 0.717) is 11.4 Å². The molecule has 2 N–H and O–H groups in total. The van der Waals surface area contributed by atoms with Crippen molar-refractivity contribution in [3.63, 3.8) is 0 Å². The molecule has 0 bridgehead atoms. The number of anilines is 1. The molecule has 34 heavy (non-hydrogen) atoms. The Hall–Kier alpha value is -3.36. The van der Waals surface area contributed by atoms with Crippen molar-refractivity contribution in [3.05, 3.63) is 70.9 Å². The van der Waals surface area contributed by atoms with E-state index >= 15 is 0 Å². The summed E-state index contributed by atoms with van der Waals surface area (Å²) in [5, 5.41) is 10.1. The van der Waals surface area contributed by atoms with Crippen molar-refractivity contribution in [2.75, 3.05) is 52.8 Å². The van der Waals surface area contributed by atoms with Crippen LogP contribution in [0.15, 0.2) is 48.5 Å². The number of carbonyl (C=O) groups is 1. The zero-order valence-electron chi connectivity index (χ0n) is 20.1. The van der Waals surface area contributed by atoms with Gasteiger partial charge in [0.15, 0.2) is 5.82 Å². The molecule has 0 spiro atoms. The largest absolute Gasteiger partial charge is 0.497 e. The minimum Gasteiger partial charge on any atom is -0.497 e. The molecule has 0 radical (unpaired) electrons. The second-order valence-corrected chi connectivity index (χ2v) is 8.73. The first-order chi connectivity index (χ1) is 16.5. The highest BCUT2D eigenvalue weighted by atomic mass is 16.5. The molecule has 2 aromatic carbocycles. The van der Waals surface area contributed by atoms with Crippen LogP contribution in [-0.4, -0.2) is 73.4 Å². The molecule has 1 aromatic heterocycles. The van der Waals surface area contributed by atoms with Crippen molar-refractivity contribution in [1.82, 2.24) is 20.0 Å². The van der Waals surface area contributed by atoms with Gasteiger partial charge in [-0.2, -0.15) is 5.10 Å². The molecule has 2 heterocycles. The molecular weight excluding hydrogens is 430 g/mol. The molecule has 1 aliphatic rings. The van der Waals surface area contributed by atoms with Crippen LogP contribution in [0.25, 0.3) is 0 Å². The van der Waals surface area contributed by atoms with Gasteiger partial charge in [0.2, 0.25) is 0 Å². The number of aromatic amines is 1. The molecular formula is C26H33N5O3. The fourth-order valence-electron chi connectivity index (χ4n) is 4.06. The van der Waals surface area contributed by atoms with Crippen LogP contribution >= 0.6 is 0 Å². The molecule has 3 aromatic rings. The van der Waals surface area contributed by atoms with Crippen molar-refractivity contribution >= 4 is 11.7 Å². The fraction of sp³-hybridized carbons (Fsp3) is 0.385. The Bertz CT molecular complexity index is 1070. The number of amides is 1. The summed E-state index contributed by atoms with van der Waals surface area (Å²) in [4.78, 5) is 17.5. The molecule has 0 saturated carbocycles. The standard InChI is InChI=1S/C26H33N5O3/c1-30-10-12-31(13-11-30)18-19-4-7-21(8-5-19)26(32)27-25-16-22(28-29-25)9-6-20-14-23(33-2)17-24(15-20)34-3/h4-5,7-8,14-17H,6,9-13,18H2,1-3H3,(H2,27,28,29,32). The van der Waals surface area contributed by atoms with Crippen LogP contribution in [-0.2, 0) is 19.4 Å². The van der Waals surface area contributed by atoms with Gasteiger partial charge in [-0.05, 0) is 55.3 Å². The lowest BCUT2D eigenvalue weighted by Gasteiger charge is -2.32. The Balaban J connectivity index is 1.29. The van der Waals surface area contributed by atoms with E-state index in [0.717, 1.165) is 68.3 Å². The highest BCUT2D eigenvalue weighted by Crippen LogP contribution is 2.23. The molecule has 0 atom stereocenters. The molecule has 0 unspecified atom stereocenters. The van der Waals surface area contributed by atoms with Crippen molar-refractivity contribution < 1.29 is 14.3 Å². The number of H-pyrrole nitrogens is 1. The van der Waals surface area contributed by atoms with Gasteiger partial charge in [-0.25, -0.2) is 0 Å². The number of rotatable bonds is 9. The Morgan fingerprint density at radius 3 is 2.26 bits per heavy atom. The molecule has 1 fully saturated rings. The van der Waals surface area contributed by atoms with Crippen LogP contribution in [0.4, 0.5) is 5.82 Å². The second kappa shape index (κ2) is 11.2. The Labute approximate surface area is 200 Å². The number of benzene rings is 2. The minimum absolute atomic E-state index is 0.165. The molecule has 0 aliphatic carbocycles. The average molecular weight is 464 g/mol. The molecule has 1 amide bonds. The van der Waals surface area contributed by atoms with Crippen LogP contribution in [0, 0.1) is 0 Å². The smallest absolute Gasteiger partial charge is 0.256 e. The van der Waals surface area contributed by atoms with Gasteiger partial charge >= 0.3 is 0 Å². The first-order valence-corrected chi connectivity index (χ1v) is 11.6. The van der Waals surface area contributed by atoms with E-state index in [1.54, 1.807) is 14.2 Å². The number of methoxy groups -OCH3 is 2. The van der Waals surface area contributed by atoms with Gasteiger partial charge in [0, 0.05) is 56.1 Å². The van der Waals surface area contributed by atoms with E-state index in [4.69, 9.17) is 9.47 Å². The summed E-state index contributed by atoms with van der Waals surface area (Å²) in [7, 11) is 5.44. The molecule has 1 saturated heterocycles. The number of carbonyl (C=O) groups excluding carboxylic acids is 1. The molecule has 1 aliphatic heterocycles. The SMILES string of the molecule is COc1cc(CCc2cc(NC(=O)c3ccc(CN4CCN(C)CC4)cc3)n[nH]2)cc(OC)c1. The number of hydrogen-bond acceptors (Lipinski definition) is 6. The molecule has 4 rings (SSSR count). The predicted molar refractivity (Wildman–Crippen MR) is 133 cm³/mol. The number of aromatic nitrogens is 2. The lowest BCUT2D eigenvalue weighted by atomic mass is 10.1. The average Bonchev–Trinajstić information content (AvgIpc) is 3.31. The van der Waals surface area contributed by atoms with E-state index in [9.17, 15) is 4.79 Å². The number of nitrogens with zero attached hydrogens (tertiary/aromatic N) is 3. The van der Waals surface area contributed by atoms with E-state index in [1.165, 1.54) is 5.56 Å². The monoisotopic (exact) mass is 463 g/mol. The lowest BCUT2D eigenvalue weighted by molar-refractivity contribution is 0.102. The zero-order chi connectivity index (χ0) is 23.9. The summed E-state index contributed by atoms with van der Waals surface area (Å²) in [6, 6.07) is 15.5. The summed E-state index contributed by atoms with van der Waals surface area (Å²) in [6.07, 6.45) is 1.54. The highest BCUT2D eigenvalue weighted by Gasteiger charge is 2.14. The molecule has 8 heteroatoms. The lowest BCUT2D eigenvalue weighted by Crippen LogP contribution is -2.43. The normalized spacial score (nSPS) is 14.7. The summed E-state index contributed by atoms with van der Waals surface area (Å²) < 4.78 is 10.7. The van der Waals surface area contributed by atoms with Gasteiger partial charge in [-0.3, -0.25) is 14.8 Å². The second-order valence-electron chi connectivity index (χ2n) is 8.73. The number of aryl methyl sites for hydroxylation is 2. The maximum Gasteiger partial charge on any atom is 0.256 e. The van der Waals surface area contributed by atoms with Crippen molar-refractivity contribution in [3.8, 4) is 11.5 Å². The van der Waals surface area contributed by atoms with Crippen LogP contribution in [0.1, 0.15) is 27.2 Å². The number of nitrogens with one attached hydrogen (secondary N) is 2. The van der Waals surface area contributed by atoms with Gasteiger partial charge < -0.3 is 19.7 Å². The predicted octanol–water partition coefficient (Wildman–Crippen LogP) is 3.21. The van der Waals surface area contributed by atoms with E-state index < -0.39 is 0 Å². The Morgan fingerprint density at radius 2 is 1.62 bits per heavy atom. The summed E-state index contributed by atoms with van der Waals surface area (Å²) in [5.74, 6) is 1.88. The number of likely N-dealkylation sites (N-methyl/N-ethyl adjacent to an activating group) is 1. The maximum absolute atomic E-state index is 12.7. The van der Waals surface area contributed by atoms with Crippen LogP contribution in [0.2, 0.25) is 0 Å². The van der Waals surface area contributed by atoms with Crippen molar-refractivity contribution in [2.24, 2.45) is 0 Å². The van der Waals surface area contributed by atoms with E-state index in [1.807, 2.05) is 48.5 Å². The van der Waals surface area contributed by atoms with Crippen molar-refractivity contribution in [2.45, 2.75) is 19.4 Å². The Kier molecular flexibility index (Phi) is 7.82. The molecule has 180 valence electrons. The van der Waals surface area contributed by atoms with Crippen LogP contribution < -0.4 is 14.8 Å². The first-order valence-electron chi connectivity index (χ1n) is 11.6. The molecule has 8 nitrogen and oxygen atoms in total. The van der Waals surface area contributed by atoms with Gasteiger partial charge in [-0.15, -0.1) is 0 Å². The van der Waals surface area contributed by atoms with Gasteiger partial charge in [-0.1, -0.05) is 12.1 Å². The third-order valence-electron chi connectivity index (χ3n) is 6.18. The van der Waals surface area contributed by atoms with Gasteiger partial charge in [0.1, 0.15) is 11.5 Å². The number of piperazine rings is 1. The third kappa shape index (κ3) is 6.36.